The van der Waals surface area contributed by atoms with E-state index in [1.165, 1.54) is 0 Å². The maximum Gasteiger partial charge on any atom is 0.123 e. The van der Waals surface area contributed by atoms with Gasteiger partial charge in [-0.1, -0.05) is 42.8 Å². The van der Waals surface area contributed by atoms with Gasteiger partial charge < -0.3 is 10.8 Å². The summed E-state index contributed by atoms with van der Waals surface area (Å²) in [5.41, 5.74) is 8.35. The van der Waals surface area contributed by atoms with Crippen LogP contribution in [0.1, 0.15) is 30.7 Å². The Kier molecular flexibility index (Phi) is 5.54. The SMILES string of the molecule is C=CCC(C)(C=C)C(O)c1ncc(-c2ccc3cc(N)ncc3c2)c(C)c1Cl. The molecule has 2 unspecified atom stereocenters. The van der Waals surface area contributed by atoms with E-state index in [0.717, 1.165) is 27.5 Å². The zero-order valence-electron chi connectivity index (χ0n) is 16.1. The third kappa shape index (κ3) is 3.53. The highest BCUT2D eigenvalue weighted by Crippen LogP contribution is 2.42. The van der Waals surface area contributed by atoms with E-state index in [-0.39, 0.29) is 0 Å². The molecule has 2 atom stereocenters. The molecule has 1 aromatic carbocycles. The van der Waals surface area contributed by atoms with Crippen LogP contribution in [-0.4, -0.2) is 15.1 Å². The lowest BCUT2D eigenvalue weighted by Crippen LogP contribution is -2.24. The van der Waals surface area contributed by atoms with Crippen molar-refractivity contribution in [3.8, 4) is 11.1 Å². The lowest BCUT2D eigenvalue weighted by Gasteiger charge is -2.31. The lowest BCUT2D eigenvalue weighted by atomic mass is 9.79. The van der Waals surface area contributed by atoms with E-state index in [9.17, 15) is 5.11 Å². The largest absolute Gasteiger partial charge is 0.386 e. The van der Waals surface area contributed by atoms with Gasteiger partial charge in [-0.2, -0.15) is 0 Å². The monoisotopic (exact) mass is 393 g/mol. The molecule has 0 fully saturated rings. The van der Waals surface area contributed by atoms with Crippen LogP contribution in [0.2, 0.25) is 5.02 Å². The van der Waals surface area contributed by atoms with E-state index in [0.29, 0.717) is 23.0 Å². The Labute approximate surface area is 170 Å². The lowest BCUT2D eigenvalue weighted by molar-refractivity contribution is 0.0681. The van der Waals surface area contributed by atoms with Crippen LogP contribution in [0, 0.1) is 12.3 Å². The minimum absolute atomic E-state index is 0.447. The van der Waals surface area contributed by atoms with Gasteiger partial charge in [-0.05, 0) is 42.0 Å². The zero-order valence-corrected chi connectivity index (χ0v) is 16.9. The summed E-state index contributed by atoms with van der Waals surface area (Å²) in [6, 6.07) is 7.87. The fraction of sp³-hybridized carbons (Fsp3) is 0.217. The summed E-state index contributed by atoms with van der Waals surface area (Å²) in [5, 5.41) is 13.4. The number of hydrogen-bond donors (Lipinski definition) is 2. The molecule has 0 aliphatic carbocycles. The second kappa shape index (κ2) is 7.74. The standard InChI is InChI=1S/C23H24ClN3O/c1-5-9-23(4,6-2)22(28)21-20(24)14(3)18(13-27-21)16-8-7-15-11-19(25)26-12-17(15)10-16/h5-8,10-13,22,28H,1-2,9H2,3-4H3,(H2,25,26). The van der Waals surface area contributed by atoms with Gasteiger partial charge in [0, 0.05) is 28.8 Å². The normalized spacial score (nSPS) is 14.4. The molecule has 5 heteroatoms. The molecule has 2 aromatic heterocycles. The van der Waals surface area contributed by atoms with Gasteiger partial charge in [0.2, 0.25) is 0 Å². The van der Waals surface area contributed by atoms with Crippen molar-refractivity contribution in [2.45, 2.75) is 26.4 Å². The van der Waals surface area contributed by atoms with Gasteiger partial charge in [0.15, 0.2) is 0 Å². The van der Waals surface area contributed by atoms with Crippen LogP contribution < -0.4 is 5.73 Å². The Hall–Kier alpha value is -2.69. The number of halogens is 1. The number of benzene rings is 1. The summed E-state index contributed by atoms with van der Waals surface area (Å²) in [6.45, 7) is 11.5. The maximum absolute atomic E-state index is 10.9. The number of nitrogen functional groups attached to an aromatic ring is 1. The first-order valence-corrected chi connectivity index (χ1v) is 9.41. The molecule has 0 amide bonds. The Morgan fingerprint density at radius 3 is 2.64 bits per heavy atom. The van der Waals surface area contributed by atoms with Gasteiger partial charge in [0.25, 0.3) is 0 Å². The Morgan fingerprint density at radius 1 is 1.21 bits per heavy atom. The summed E-state index contributed by atoms with van der Waals surface area (Å²) in [4.78, 5) is 8.67. The average Bonchev–Trinajstić information content (AvgIpc) is 2.69. The molecule has 0 bridgehead atoms. The highest BCUT2D eigenvalue weighted by molar-refractivity contribution is 6.32. The molecule has 3 aromatic rings. The van der Waals surface area contributed by atoms with Crippen molar-refractivity contribution >= 4 is 28.2 Å². The number of aliphatic hydroxyl groups is 1. The number of nitrogens with two attached hydrogens (primary N) is 1. The summed E-state index contributed by atoms with van der Waals surface area (Å²) in [5.74, 6) is 0.490. The third-order valence-electron chi connectivity index (χ3n) is 5.28. The molecule has 28 heavy (non-hydrogen) atoms. The predicted octanol–water partition coefficient (Wildman–Crippen LogP) is 5.64. The second-order valence-corrected chi connectivity index (χ2v) is 7.65. The quantitative estimate of drug-likeness (QED) is 0.531. The smallest absolute Gasteiger partial charge is 0.123 e. The van der Waals surface area contributed by atoms with Gasteiger partial charge in [-0.25, -0.2) is 4.98 Å². The fourth-order valence-electron chi connectivity index (χ4n) is 3.34. The van der Waals surface area contributed by atoms with E-state index >= 15 is 0 Å². The molecule has 0 saturated heterocycles. The molecular formula is C23H24ClN3O. The van der Waals surface area contributed by atoms with Crippen LogP contribution in [0.3, 0.4) is 0 Å². The van der Waals surface area contributed by atoms with E-state index in [4.69, 9.17) is 17.3 Å². The number of anilines is 1. The summed E-state index contributed by atoms with van der Waals surface area (Å²) in [6.07, 6.45) is 6.67. The van der Waals surface area contributed by atoms with Gasteiger partial charge in [-0.15, -0.1) is 13.2 Å². The minimum Gasteiger partial charge on any atom is -0.386 e. The number of pyridine rings is 2. The number of aliphatic hydroxyl groups excluding tert-OH is 1. The van der Waals surface area contributed by atoms with Crippen molar-refractivity contribution in [2.75, 3.05) is 5.73 Å². The van der Waals surface area contributed by atoms with E-state index < -0.39 is 11.5 Å². The summed E-state index contributed by atoms with van der Waals surface area (Å²) in [7, 11) is 0. The molecule has 0 spiro atoms. The summed E-state index contributed by atoms with van der Waals surface area (Å²) >= 11 is 6.63. The van der Waals surface area contributed by atoms with Crippen molar-refractivity contribution in [1.29, 1.82) is 0 Å². The van der Waals surface area contributed by atoms with Crippen LogP contribution in [-0.2, 0) is 0 Å². The first-order valence-electron chi connectivity index (χ1n) is 9.04. The number of rotatable bonds is 6. The summed E-state index contributed by atoms with van der Waals surface area (Å²) < 4.78 is 0. The molecule has 0 aliphatic rings. The topological polar surface area (TPSA) is 72.0 Å². The number of fused-ring (bicyclic) bond motifs is 1. The highest BCUT2D eigenvalue weighted by Gasteiger charge is 2.33. The molecule has 0 aliphatic heterocycles. The first-order chi connectivity index (χ1) is 13.3. The average molecular weight is 394 g/mol. The molecule has 3 rings (SSSR count). The Balaban J connectivity index is 2.06. The molecule has 0 radical (unpaired) electrons. The first kappa shape index (κ1) is 20.1. The van der Waals surface area contributed by atoms with Crippen LogP contribution >= 0.6 is 11.6 Å². The second-order valence-electron chi connectivity index (χ2n) is 7.27. The van der Waals surface area contributed by atoms with Crippen molar-refractivity contribution < 1.29 is 5.11 Å². The van der Waals surface area contributed by atoms with Gasteiger partial charge >= 0.3 is 0 Å². The van der Waals surface area contributed by atoms with Crippen LogP contribution in [0.15, 0.2) is 62.0 Å². The van der Waals surface area contributed by atoms with Crippen molar-refractivity contribution in [3.05, 3.63) is 78.2 Å². The van der Waals surface area contributed by atoms with Crippen molar-refractivity contribution in [1.82, 2.24) is 9.97 Å². The van der Waals surface area contributed by atoms with Crippen LogP contribution in [0.4, 0.5) is 5.82 Å². The molecule has 0 saturated carbocycles. The predicted molar refractivity (Wildman–Crippen MR) is 117 cm³/mol. The van der Waals surface area contributed by atoms with E-state index in [2.05, 4.69) is 23.1 Å². The molecule has 144 valence electrons. The zero-order chi connectivity index (χ0) is 20.5. The van der Waals surface area contributed by atoms with Gasteiger partial charge in [0.05, 0.1) is 10.7 Å². The molecule has 3 N–H and O–H groups in total. The molecular weight excluding hydrogens is 370 g/mol. The van der Waals surface area contributed by atoms with E-state index in [1.807, 2.05) is 38.1 Å². The number of nitrogens with zero attached hydrogens (tertiary/aromatic N) is 2. The molecule has 2 heterocycles. The molecule has 4 nitrogen and oxygen atoms in total. The Bertz CT molecular complexity index is 1060. The number of aromatic nitrogens is 2. The van der Waals surface area contributed by atoms with Crippen LogP contribution in [0.25, 0.3) is 21.9 Å². The highest BCUT2D eigenvalue weighted by atomic mass is 35.5. The van der Waals surface area contributed by atoms with E-state index in [1.54, 1.807) is 24.5 Å². The van der Waals surface area contributed by atoms with Crippen molar-refractivity contribution in [3.63, 3.8) is 0 Å². The fourth-order valence-corrected chi connectivity index (χ4v) is 3.59. The van der Waals surface area contributed by atoms with Gasteiger partial charge in [0.1, 0.15) is 11.9 Å². The third-order valence-corrected chi connectivity index (χ3v) is 5.76. The number of allylic oxidation sites excluding steroid dienone is 1. The Morgan fingerprint density at radius 2 is 1.96 bits per heavy atom. The van der Waals surface area contributed by atoms with Crippen molar-refractivity contribution in [2.24, 2.45) is 5.41 Å². The minimum atomic E-state index is -0.882. The maximum atomic E-state index is 10.9. The number of hydrogen-bond acceptors (Lipinski definition) is 4. The van der Waals surface area contributed by atoms with Crippen LogP contribution in [0.5, 0.6) is 0 Å². The van der Waals surface area contributed by atoms with Gasteiger partial charge in [-0.3, -0.25) is 4.98 Å².